The van der Waals surface area contributed by atoms with Crippen LogP contribution in [0.3, 0.4) is 0 Å². The van der Waals surface area contributed by atoms with E-state index in [0.717, 1.165) is 5.69 Å². The van der Waals surface area contributed by atoms with Gasteiger partial charge in [-0.25, -0.2) is 4.98 Å². The Labute approximate surface area is 93.3 Å². The van der Waals surface area contributed by atoms with Crippen LogP contribution in [0.5, 0.6) is 0 Å². The van der Waals surface area contributed by atoms with Gasteiger partial charge in [0.25, 0.3) is 0 Å². The Balaban J connectivity index is 2.41. The molecule has 1 unspecified atom stereocenters. The minimum absolute atomic E-state index is 0.129. The second-order valence-electron chi connectivity index (χ2n) is 3.80. The fourth-order valence-electron chi connectivity index (χ4n) is 1.41. The number of nitrogens with zero attached hydrogens (tertiary/aromatic N) is 3. The summed E-state index contributed by atoms with van der Waals surface area (Å²) in [6.07, 6.45) is 0. The highest BCUT2D eigenvalue weighted by Crippen LogP contribution is 2.17. The molecule has 1 atom stereocenters. The summed E-state index contributed by atoms with van der Waals surface area (Å²) in [5.74, 6) is 1.13. The molecule has 0 fully saturated rings. The molecule has 0 aromatic carbocycles. The van der Waals surface area contributed by atoms with E-state index in [1.165, 1.54) is 0 Å². The fourth-order valence-corrected chi connectivity index (χ4v) is 1.41. The standard InChI is InChI=1S/C10H15N5O/c1-5(4-11)12-10-13-6(2)8-9(15-10)14-7(3)16-8/h5H,4,11H2,1-3H3,(H,12,13,15). The SMILES string of the molecule is Cc1nc2nc(NC(C)CN)nc(C)c2o1. The van der Waals surface area contributed by atoms with E-state index in [-0.39, 0.29) is 6.04 Å². The summed E-state index contributed by atoms with van der Waals surface area (Å²) in [7, 11) is 0. The molecule has 86 valence electrons. The first kappa shape index (κ1) is 10.8. The van der Waals surface area contributed by atoms with Crippen molar-refractivity contribution in [2.45, 2.75) is 26.8 Å². The second kappa shape index (κ2) is 4.05. The van der Waals surface area contributed by atoms with Gasteiger partial charge in [-0.2, -0.15) is 9.97 Å². The number of hydrogen-bond acceptors (Lipinski definition) is 6. The minimum Gasteiger partial charge on any atom is -0.437 e. The highest BCUT2D eigenvalue weighted by molar-refractivity contribution is 5.71. The van der Waals surface area contributed by atoms with Crippen molar-refractivity contribution in [1.29, 1.82) is 0 Å². The van der Waals surface area contributed by atoms with E-state index in [9.17, 15) is 0 Å². The maximum absolute atomic E-state index is 5.52. The second-order valence-corrected chi connectivity index (χ2v) is 3.80. The summed E-state index contributed by atoms with van der Waals surface area (Å²) in [5.41, 5.74) is 7.52. The predicted octanol–water partition coefficient (Wildman–Crippen LogP) is 0.994. The zero-order valence-corrected chi connectivity index (χ0v) is 9.61. The number of nitrogens with two attached hydrogens (primary N) is 1. The molecule has 0 aliphatic heterocycles. The maximum Gasteiger partial charge on any atom is 0.225 e. The molecule has 6 nitrogen and oxygen atoms in total. The van der Waals surface area contributed by atoms with E-state index in [2.05, 4.69) is 20.3 Å². The Bertz CT molecular complexity index is 507. The van der Waals surface area contributed by atoms with Gasteiger partial charge in [0.1, 0.15) is 0 Å². The maximum atomic E-state index is 5.52. The predicted molar refractivity (Wildman–Crippen MR) is 61.2 cm³/mol. The first-order valence-electron chi connectivity index (χ1n) is 5.18. The van der Waals surface area contributed by atoms with Gasteiger partial charge in [-0.05, 0) is 13.8 Å². The molecule has 0 amide bonds. The van der Waals surface area contributed by atoms with Crippen LogP contribution < -0.4 is 11.1 Å². The number of hydrogen-bond donors (Lipinski definition) is 2. The van der Waals surface area contributed by atoms with Crippen LogP contribution in [0.15, 0.2) is 4.42 Å². The number of fused-ring (bicyclic) bond motifs is 1. The monoisotopic (exact) mass is 221 g/mol. The summed E-state index contributed by atoms with van der Waals surface area (Å²) < 4.78 is 5.40. The molecule has 2 aromatic heterocycles. The van der Waals surface area contributed by atoms with E-state index in [1.807, 2.05) is 13.8 Å². The lowest BCUT2D eigenvalue weighted by Crippen LogP contribution is -2.26. The average molecular weight is 221 g/mol. The van der Waals surface area contributed by atoms with E-state index in [4.69, 9.17) is 10.2 Å². The molecule has 2 rings (SSSR count). The highest BCUT2D eigenvalue weighted by Gasteiger charge is 2.11. The topological polar surface area (TPSA) is 89.9 Å². The van der Waals surface area contributed by atoms with Crippen LogP contribution in [-0.2, 0) is 0 Å². The Morgan fingerprint density at radius 3 is 2.75 bits per heavy atom. The molecule has 0 spiro atoms. The molecule has 0 aliphatic rings. The summed E-state index contributed by atoms with van der Waals surface area (Å²) in [4.78, 5) is 12.7. The van der Waals surface area contributed by atoms with E-state index < -0.39 is 0 Å². The first-order chi connectivity index (χ1) is 7.60. The van der Waals surface area contributed by atoms with Gasteiger partial charge in [-0.3, -0.25) is 0 Å². The van der Waals surface area contributed by atoms with E-state index >= 15 is 0 Å². The van der Waals surface area contributed by atoms with Crippen molar-refractivity contribution < 1.29 is 4.42 Å². The van der Waals surface area contributed by atoms with Crippen LogP contribution in [0.2, 0.25) is 0 Å². The third-order valence-corrected chi connectivity index (χ3v) is 2.26. The molecule has 0 aliphatic carbocycles. The number of anilines is 1. The number of aromatic nitrogens is 3. The van der Waals surface area contributed by atoms with Crippen LogP contribution in [0, 0.1) is 13.8 Å². The fraction of sp³-hybridized carbons (Fsp3) is 0.500. The summed E-state index contributed by atoms with van der Waals surface area (Å²) in [6.45, 7) is 6.15. The summed E-state index contributed by atoms with van der Waals surface area (Å²) >= 11 is 0. The normalized spacial score (nSPS) is 13.0. The van der Waals surface area contributed by atoms with Gasteiger partial charge in [-0.15, -0.1) is 0 Å². The molecule has 0 saturated heterocycles. The van der Waals surface area contributed by atoms with Gasteiger partial charge >= 0.3 is 0 Å². The van der Waals surface area contributed by atoms with Crippen LogP contribution >= 0.6 is 0 Å². The smallest absolute Gasteiger partial charge is 0.225 e. The molecule has 0 saturated carbocycles. The number of rotatable bonds is 3. The third kappa shape index (κ3) is 1.96. The molecule has 2 heterocycles. The number of nitrogens with one attached hydrogen (secondary N) is 1. The Morgan fingerprint density at radius 2 is 2.06 bits per heavy atom. The highest BCUT2D eigenvalue weighted by atomic mass is 16.3. The zero-order valence-electron chi connectivity index (χ0n) is 9.61. The number of oxazole rings is 1. The Hall–Kier alpha value is -1.69. The summed E-state index contributed by atoms with van der Waals surface area (Å²) in [5, 5.41) is 3.10. The summed E-state index contributed by atoms with van der Waals surface area (Å²) in [6, 6.07) is 0.129. The van der Waals surface area contributed by atoms with Crippen molar-refractivity contribution in [3.8, 4) is 0 Å². The number of aryl methyl sites for hydroxylation is 2. The third-order valence-electron chi connectivity index (χ3n) is 2.26. The van der Waals surface area contributed by atoms with Crippen LogP contribution in [0.4, 0.5) is 5.95 Å². The lowest BCUT2D eigenvalue weighted by molar-refractivity contribution is 0.557. The van der Waals surface area contributed by atoms with Crippen LogP contribution in [0.1, 0.15) is 18.5 Å². The van der Waals surface area contributed by atoms with Gasteiger partial charge < -0.3 is 15.5 Å². The molecular weight excluding hydrogens is 206 g/mol. The van der Waals surface area contributed by atoms with Crippen molar-refractivity contribution in [1.82, 2.24) is 15.0 Å². The molecule has 2 aromatic rings. The van der Waals surface area contributed by atoms with Crippen LogP contribution in [0.25, 0.3) is 11.2 Å². The molecular formula is C10H15N5O. The van der Waals surface area contributed by atoms with Crippen LogP contribution in [-0.4, -0.2) is 27.5 Å². The van der Waals surface area contributed by atoms with Crippen molar-refractivity contribution in [2.24, 2.45) is 5.73 Å². The van der Waals surface area contributed by atoms with Crippen molar-refractivity contribution >= 4 is 17.2 Å². The van der Waals surface area contributed by atoms with Crippen molar-refractivity contribution in [2.75, 3.05) is 11.9 Å². The largest absolute Gasteiger partial charge is 0.437 e. The molecule has 6 heteroatoms. The Kier molecular flexibility index (Phi) is 2.74. The van der Waals surface area contributed by atoms with Crippen molar-refractivity contribution in [3.63, 3.8) is 0 Å². The van der Waals surface area contributed by atoms with E-state index in [0.29, 0.717) is 29.6 Å². The zero-order chi connectivity index (χ0) is 11.7. The van der Waals surface area contributed by atoms with Gasteiger partial charge in [0.15, 0.2) is 11.5 Å². The van der Waals surface area contributed by atoms with Crippen molar-refractivity contribution in [3.05, 3.63) is 11.6 Å². The quantitative estimate of drug-likeness (QED) is 0.803. The average Bonchev–Trinajstić information content (AvgIpc) is 2.59. The van der Waals surface area contributed by atoms with Gasteiger partial charge in [-0.1, -0.05) is 0 Å². The van der Waals surface area contributed by atoms with Gasteiger partial charge in [0.2, 0.25) is 11.6 Å². The molecule has 16 heavy (non-hydrogen) atoms. The Morgan fingerprint density at radius 1 is 1.31 bits per heavy atom. The minimum atomic E-state index is 0.129. The molecule has 0 radical (unpaired) electrons. The first-order valence-corrected chi connectivity index (χ1v) is 5.18. The molecule has 0 bridgehead atoms. The molecule has 3 N–H and O–H groups in total. The lowest BCUT2D eigenvalue weighted by Gasteiger charge is -2.10. The van der Waals surface area contributed by atoms with E-state index in [1.54, 1.807) is 6.92 Å². The van der Waals surface area contributed by atoms with Gasteiger partial charge in [0, 0.05) is 19.5 Å². The lowest BCUT2D eigenvalue weighted by atomic mass is 10.3. The van der Waals surface area contributed by atoms with Gasteiger partial charge in [0.05, 0.1) is 5.69 Å².